The Morgan fingerprint density at radius 1 is 1.39 bits per heavy atom. The largest absolute Gasteiger partial charge is 0.494 e. The van der Waals surface area contributed by atoms with Gasteiger partial charge < -0.3 is 15.8 Å². The molecule has 2 rings (SSSR count). The Morgan fingerprint density at radius 3 is 2.89 bits per heavy atom. The SMILES string of the molecule is COc1cc(F)ccc1Nc1ncnc(N)c1Br. The van der Waals surface area contributed by atoms with E-state index in [0.717, 1.165) is 0 Å². The zero-order valence-corrected chi connectivity index (χ0v) is 11.0. The number of nitrogens with two attached hydrogens (primary N) is 1. The molecule has 0 saturated carbocycles. The van der Waals surface area contributed by atoms with E-state index in [1.54, 1.807) is 6.07 Å². The molecule has 1 aromatic heterocycles. The van der Waals surface area contributed by atoms with Gasteiger partial charge in [-0.2, -0.15) is 0 Å². The fraction of sp³-hybridized carbons (Fsp3) is 0.0909. The van der Waals surface area contributed by atoms with Crippen molar-refractivity contribution in [3.05, 3.63) is 34.8 Å². The van der Waals surface area contributed by atoms with Crippen LogP contribution in [0.15, 0.2) is 29.0 Å². The van der Waals surface area contributed by atoms with E-state index in [1.165, 1.54) is 25.6 Å². The molecule has 5 nitrogen and oxygen atoms in total. The van der Waals surface area contributed by atoms with Crippen LogP contribution in [-0.2, 0) is 0 Å². The van der Waals surface area contributed by atoms with Gasteiger partial charge in [-0.05, 0) is 28.1 Å². The van der Waals surface area contributed by atoms with E-state index >= 15 is 0 Å². The quantitative estimate of drug-likeness (QED) is 0.911. The summed E-state index contributed by atoms with van der Waals surface area (Å²) in [4.78, 5) is 7.86. The first kappa shape index (κ1) is 12.6. The monoisotopic (exact) mass is 312 g/mol. The molecule has 1 heterocycles. The predicted molar refractivity (Wildman–Crippen MR) is 70.4 cm³/mol. The number of halogens is 2. The van der Waals surface area contributed by atoms with E-state index < -0.39 is 0 Å². The molecule has 0 fully saturated rings. The van der Waals surface area contributed by atoms with Crippen molar-refractivity contribution in [3.8, 4) is 5.75 Å². The molecule has 0 spiro atoms. The number of benzene rings is 1. The van der Waals surface area contributed by atoms with E-state index in [0.29, 0.717) is 27.5 Å². The Kier molecular flexibility index (Phi) is 3.61. The summed E-state index contributed by atoms with van der Waals surface area (Å²) >= 11 is 3.27. The van der Waals surface area contributed by atoms with Gasteiger partial charge in [0, 0.05) is 6.07 Å². The Balaban J connectivity index is 2.37. The zero-order valence-electron chi connectivity index (χ0n) is 9.45. The van der Waals surface area contributed by atoms with Crippen molar-refractivity contribution in [2.45, 2.75) is 0 Å². The topological polar surface area (TPSA) is 73.1 Å². The molecule has 0 aliphatic heterocycles. The van der Waals surface area contributed by atoms with Crippen LogP contribution >= 0.6 is 15.9 Å². The van der Waals surface area contributed by atoms with Crippen LogP contribution in [0.1, 0.15) is 0 Å². The maximum Gasteiger partial charge on any atom is 0.150 e. The van der Waals surface area contributed by atoms with Gasteiger partial charge in [0.15, 0.2) is 0 Å². The van der Waals surface area contributed by atoms with Crippen LogP contribution in [0, 0.1) is 5.82 Å². The lowest BCUT2D eigenvalue weighted by Crippen LogP contribution is -2.01. The summed E-state index contributed by atoms with van der Waals surface area (Å²) in [5, 5.41) is 2.99. The van der Waals surface area contributed by atoms with Crippen molar-refractivity contribution in [1.29, 1.82) is 0 Å². The van der Waals surface area contributed by atoms with Gasteiger partial charge in [0.05, 0.1) is 12.8 Å². The van der Waals surface area contributed by atoms with Gasteiger partial charge in [-0.3, -0.25) is 0 Å². The molecule has 0 bridgehead atoms. The van der Waals surface area contributed by atoms with Crippen molar-refractivity contribution in [2.75, 3.05) is 18.2 Å². The molecule has 0 aliphatic carbocycles. The van der Waals surface area contributed by atoms with E-state index in [9.17, 15) is 4.39 Å². The Bertz CT molecular complexity index is 579. The number of aromatic nitrogens is 2. The second-order valence-electron chi connectivity index (χ2n) is 3.39. The maximum absolute atomic E-state index is 13.1. The summed E-state index contributed by atoms with van der Waals surface area (Å²) < 4.78 is 18.7. The number of methoxy groups -OCH3 is 1. The average molecular weight is 313 g/mol. The third-order valence-electron chi connectivity index (χ3n) is 2.23. The number of nitrogen functional groups attached to an aromatic ring is 1. The molecule has 7 heteroatoms. The van der Waals surface area contributed by atoms with E-state index in [4.69, 9.17) is 10.5 Å². The van der Waals surface area contributed by atoms with Gasteiger partial charge in [0.25, 0.3) is 0 Å². The molecule has 0 aliphatic rings. The minimum atomic E-state index is -0.376. The Morgan fingerprint density at radius 2 is 2.17 bits per heavy atom. The summed E-state index contributed by atoms with van der Waals surface area (Å²) in [5.41, 5.74) is 6.22. The molecular weight excluding hydrogens is 303 g/mol. The molecule has 18 heavy (non-hydrogen) atoms. The Labute approximate surface area is 111 Å². The molecule has 0 unspecified atom stereocenters. The van der Waals surface area contributed by atoms with E-state index in [-0.39, 0.29) is 5.82 Å². The molecule has 2 aromatic rings. The highest BCUT2D eigenvalue weighted by Gasteiger charge is 2.10. The lowest BCUT2D eigenvalue weighted by molar-refractivity contribution is 0.413. The molecule has 0 atom stereocenters. The lowest BCUT2D eigenvalue weighted by atomic mass is 10.3. The first-order chi connectivity index (χ1) is 8.61. The second kappa shape index (κ2) is 5.18. The standard InChI is InChI=1S/C11H10BrFN4O/c1-18-8-4-6(13)2-3-7(8)17-11-9(12)10(14)15-5-16-11/h2-5H,1H3,(H3,14,15,16,17). The molecule has 3 N–H and O–H groups in total. The smallest absolute Gasteiger partial charge is 0.150 e. The third-order valence-corrected chi connectivity index (χ3v) is 3.01. The fourth-order valence-corrected chi connectivity index (χ4v) is 1.67. The highest BCUT2D eigenvalue weighted by atomic mass is 79.9. The second-order valence-corrected chi connectivity index (χ2v) is 4.18. The van der Waals surface area contributed by atoms with Crippen molar-refractivity contribution < 1.29 is 9.13 Å². The van der Waals surface area contributed by atoms with Crippen LogP contribution < -0.4 is 15.8 Å². The zero-order chi connectivity index (χ0) is 13.1. The number of nitrogens with zero attached hydrogens (tertiary/aromatic N) is 2. The van der Waals surface area contributed by atoms with Crippen LogP contribution in [0.4, 0.5) is 21.7 Å². The predicted octanol–water partition coefficient (Wildman–Crippen LogP) is 2.71. The summed E-state index contributed by atoms with van der Waals surface area (Å²) in [6, 6.07) is 4.16. The highest BCUT2D eigenvalue weighted by Crippen LogP contribution is 2.31. The number of nitrogens with one attached hydrogen (secondary N) is 1. The number of anilines is 3. The first-order valence-electron chi connectivity index (χ1n) is 4.98. The summed E-state index contributed by atoms with van der Waals surface area (Å²) in [6.07, 6.45) is 1.33. The molecule has 1 aromatic carbocycles. The maximum atomic E-state index is 13.1. The number of hydrogen-bond donors (Lipinski definition) is 2. The van der Waals surface area contributed by atoms with Crippen molar-refractivity contribution in [1.82, 2.24) is 9.97 Å². The van der Waals surface area contributed by atoms with Crippen LogP contribution in [0.5, 0.6) is 5.75 Å². The van der Waals surface area contributed by atoms with Crippen LogP contribution in [0.25, 0.3) is 0 Å². The minimum absolute atomic E-state index is 0.313. The van der Waals surface area contributed by atoms with Gasteiger partial charge in [0.1, 0.15) is 34.0 Å². The number of hydrogen-bond acceptors (Lipinski definition) is 5. The third kappa shape index (κ3) is 2.51. The van der Waals surface area contributed by atoms with Crippen LogP contribution in [0.3, 0.4) is 0 Å². The van der Waals surface area contributed by atoms with Crippen LogP contribution in [-0.4, -0.2) is 17.1 Å². The van der Waals surface area contributed by atoms with Crippen molar-refractivity contribution in [2.24, 2.45) is 0 Å². The summed E-state index contributed by atoms with van der Waals surface area (Å²) in [6.45, 7) is 0. The minimum Gasteiger partial charge on any atom is -0.494 e. The Hall–Kier alpha value is -1.89. The van der Waals surface area contributed by atoms with Gasteiger partial charge in [0.2, 0.25) is 0 Å². The normalized spacial score (nSPS) is 10.2. The van der Waals surface area contributed by atoms with Crippen molar-refractivity contribution >= 4 is 33.3 Å². The molecular formula is C11H10BrFN4O. The van der Waals surface area contributed by atoms with Gasteiger partial charge in [-0.1, -0.05) is 0 Å². The first-order valence-corrected chi connectivity index (χ1v) is 5.77. The lowest BCUT2D eigenvalue weighted by Gasteiger charge is -2.11. The molecule has 94 valence electrons. The van der Waals surface area contributed by atoms with E-state index in [1.807, 2.05) is 0 Å². The average Bonchev–Trinajstić information content (AvgIpc) is 2.37. The van der Waals surface area contributed by atoms with Gasteiger partial charge in [-0.25, -0.2) is 14.4 Å². The molecule has 0 amide bonds. The summed E-state index contributed by atoms with van der Waals surface area (Å²) in [7, 11) is 1.46. The van der Waals surface area contributed by atoms with E-state index in [2.05, 4.69) is 31.2 Å². The number of rotatable bonds is 3. The molecule has 0 saturated heterocycles. The van der Waals surface area contributed by atoms with Gasteiger partial charge >= 0.3 is 0 Å². The van der Waals surface area contributed by atoms with Gasteiger partial charge in [-0.15, -0.1) is 0 Å². The summed E-state index contributed by atoms with van der Waals surface area (Å²) in [5.74, 6) is 0.790. The van der Waals surface area contributed by atoms with Crippen LogP contribution in [0.2, 0.25) is 0 Å². The fourth-order valence-electron chi connectivity index (χ4n) is 1.37. The highest BCUT2D eigenvalue weighted by molar-refractivity contribution is 9.10. The van der Waals surface area contributed by atoms with Crippen molar-refractivity contribution in [3.63, 3.8) is 0 Å². The number of ether oxygens (including phenoxy) is 1. The molecule has 0 radical (unpaired) electrons.